The fourth-order valence-electron chi connectivity index (χ4n) is 8.75. The molecule has 0 saturated carbocycles. The molecule has 2 aliphatic carbocycles. The molecule has 0 amide bonds. The van der Waals surface area contributed by atoms with E-state index < -0.39 is 0 Å². The summed E-state index contributed by atoms with van der Waals surface area (Å²) in [5, 5.41) is 0. The Morgan fingerprint density at radius 3 is 1.04 bits per heavy atom. The molecular weight excluding hydrogens is 581 g/mol. The van der Waals surface area contributed by atoms with Gasteiger partial charge in [-0.25, -0.2) is 9.13 Å². The maximum absolute atomic E-state index is 2.57. The molecule has 2 heteroatoms. The van der Waals surface area contributed by atoms with Crippen molar-refractivity contribution in [2.75, 3.05) is 0 Å². The molecule has 2 aliphatic rings. The Morgan fingerprint density at radius 1 is 0.396 bits per heavy atom. The van der Waals surface area contributed by atoms with Crippen molar-refractivity contribution >= 4 is 0 Å². The van der Waals surface area contributed by atoms with Crippen molar-refractivity contribution in [2.45, 2.75) is 194 Å². The van der Waals surface area contributed by atoms with Crippen LogP contribution in [0.3, 0.4) is 0 Å². The molecular formula is C46H70N2+2. The smallest absolute Gasteiger partial charge is 0.173 e. The molecule has 0 fully saturated rings. The number of pyridine rings is 2. The van der Waals surface area contributed by atoms with Crippen molar-refractivity contribution in [1.82, 2.24) is 0 Å². The van der Waals surface area contributed by atoms with Gasteiger partial charge in [0.05, 0.1) is 0 Å². The lowest BCUT2D eigenvalue weighted by Gasteiger charge is -2.23. The van der Waals surface area contributed by atoms with Gasteiger partial charge in [0.2, 0.25) is 0 Å². The Labute approximate surface area is 295 Å². The van der Waals surface area contributed by atoms with Crippen LogP contribution in [0, 0.1) is 0 Å². The van der Waals surface area contributed by atoms with Gasteiger partial charge in [0, 0.05) is 46.9 Å². The predicted molar refractivity (Wildman–Crippen MR) is 206 cm³/mol. The van der Waals surface area contributed by atoms with Crippen molar-refractivity contribution in [3.8, 4) is 22.3 Å². The number of unbranched alkanes of at least 4 members (excludes halogenated alkanes) is 18. The fourth-order valence-corrected chi connectivity index (χ4v) is 8.75. The van der Waals surface area contributed by atoms with E-state index in [1.165, 1.54) is 173 Å². The maximum atomic E-state index is 2.57. The third kappa shape index (κ3) is 8.62. The second-order valence-corrected chi connectivity index (χ2v) is 16.6. The normalized spacial score (nSPS) is 15.0. The topological polar surface area (TPSA) is 7.76 Å². The minimum atomic E-state index is 0.0115. The van der Waals surface area contributed by atoms with Crippen LogP contribution in [-0.4, -0.2) is 0 Å². The molecule has 0 spiro atoms. The highest BCUT2D eigenvalue weighted by Gasteiger charge is 2.43. The van der Waals surface area contributed by atoms with E-state index in [-0.39, 0.29) is 10.8 Å². The highest BCUT2D eigenvalue weighted by molar-refractivity contribution is 5.88. The third-order valence-electron chi connectivity index (χ3n) is 12.0. The van der Waals surface area contributed by atoms with Crippen LogP contribution in [0.2, 0.25) is 0 Å². The van der Waals surface area contributed by atoms with E-state index in [9.17, 15) is 0 Å². The molecule has 5 rings (SSSR count). The number of hydrogen-bond donors (Lipinski definition) is 0. The van der Waals surface area contributed by atoms with Crippen LogP contribution >= 0.6 is 0 Å². The van der Waals surface area contributed by atoms with Crippen LogP contribution in [0.25, 0.3) is 22.3 Å². The molecule has 0 saturated heterocycles. The quantitative estimate of drug-likeness (QED) is 0.0755. The molecule has 0 unspecified atom stereocenters. The first-order chi connectivity index (χ1) is 23.3. The first-order valence-electron chi connectivity index (χ1n) is 20.6. The molecule has 0 aliphatic heterocycles. The summed E-state index contributed by atoms with van der Waals surface area (Å²) >= 11 is 0. The molecule has 0 N–H and O–H groups in total. The molecule has 0 radical (unpaired) electrons. The van der Waals surface area contributed by atoms with Crippen LogP contribution in [-0.2, 0) is 23.9 Å². The maximum Gasteiger partial charge on any atom is 0.173 e. The standard InChI is InChI=1S/C46H70N2/c1-7-9-11-13-15-17-19-21-23-25-29-47-31-27-37-39-33-42-40(34-41(39)45(3,4)43(37)35-47)38-28-32-48(36-44(38)46(42,5)6)30-26-24-22-20-18-16-14-12-10-8-2/h27-28,31-36H,7-26,29-30H2,1-6H3/q+2. The average Bonchev–Trinajstić information content (AvgIpc) is 3.44. The van der Waals surface area contributed by atoms with Gasteiger partial charge in [-0.05, 0) is 58.4 Å². The number of nitrogens with zero attached hydrogens (tertiary/aromatic N) is 2. The van der Waals surface area contributed by atoms with E-state index in [0.29, 0.717) is 0 Å². The predicted octanol–water partition coefficient (Wildman–Crippen LogP) is 12.7. The number of rotatable bonds is 22. The average molecular weight is 651 g/mol. The van der Waals surface area contributed by atoms with Crippen LogP contribution in [0.15, 0.2) is 49.1 Å². The largest absolute Gasteiger partial charge is 0.205 e. The molecule has 0 atom stereocenters. The summed E-state index contributed by atoms with van der Waals surface area (Å²) in [4.78, 5) is 0. The first-order valence-corrected chi connectivity index (χ1v) is 20.6. The minimum absolute atomic E-state index is 0.0115. The number of aromatic nitrogens is 2. The summed E-state index contributed by atoms with van der Waals surface area (Å²) in [5.41, 5.74) is 11.8. The Balaban J connectivity index is 1.17. The van der Waals surface area contributed by atoms with Crippen LogP contribution < -0.4 is 9.13 Å². The number of fused-ring (bicyclic) bond motifs is 6. The molecule has 1 aromatic carbocycles. The molecule has 2 heterocycles. The lowest BCUT2D eigenvalue weighted by atomic mass is 9.79. The van der Waals surface area contributed by atoms with Gasteiger partial charge in [-0.15, -0.1) is 0 Å². The van der Waals surface area contributed by atoms with E-state index in [1.807, 2.05) is 0 Å². The fraction of sp³-hybridized carbons (Fsp3) is 0.652. The molecule has 3 aromatic rings. The van der Waals surface area contributed by atoms with Crippen molar-refractivity contribution in [3.63, 3.8) is 0 Å². The molecule has 2 aromatic heterocycles. The summed E-state index contributed by atoms with van der Waals surface area (Å²) < 4.78 is 4.94. The lowest BCUT2D eigenvalue weighted by molar-refractivity contribution is -0.697. The Hall–Kier alpha value is -2.48. The highest BCUT2D eigenvalue weighted by atomic mass is 14.9. The van der Waals surface area contributed by atoms with Gasteiger partial charge in [0.15, 0.2) is 24.8 Å². The van der Waals surface area contributed by atoms with E-state index in [1.54, 1.807) is 0 Å². The highest BCUT2D eigenvalue weighted by Crippen LogP contribution is 2.55. The molecule has 262 valence electrons. The van der Waals surface area contributed by atoms with E-state index in [0.717, 1.165) is 13.1 Å². The van der Waals surface area contributed by atoms with Crippen molar-refractivity contribution in [2.24, 2.45) is 0 Å². The Morgan fingerprint density at radius 2 is 0.708 bits per heavy atom. The Bertz CT molecular complexity index is 1350. The second-order valence-electron chi connectivity index (χ2n) is 16.6. The summed E-state index contributed by atoms with van der Waals surface area (Å²) in [6.07, 6.45) is 37.5. The second kappa shape index (κ2) is 17.4. The summed E-state index contributed by atoms with van der Waals surface area (Å²) in [6.45, 7) is 16.7. The zero-order valence-corrected chi connectivity index (χ0v) is 32.1. The summed E-state index contributed by atoms with van der Waals surface area (Å²) in [5.74, 6) is 0. The SMILES string of the molecule is CCCCCCCCCCCC[n+]1ccc2c(c1)C(C)(C)c1cc3c(cc1-2)C(C)(C)c1c[n+](CCCCCCCCCCCC)ccc1-3. The Kier molecular flexibility index (Phi) is 13.4. The van der Waals surface area contributed by atoms with Crippen LogP contribution in [0.1, 0.15) is 192 Å². The molecule has 2 nitrogen and oxygen atoms in total. The number of aryl methyl sites for hydroxylation is 2. The van der Waals surface area contributed by atoms with Gasteiger partial charge in [-0.2, -0.15) is 0 Å². The zero-order valence-electron chi connectivity index (χ0n) is 32.1. The van der Waals surface area contributed by atoms with Gasteiger partial charge in [-0.3, -0.25) is 0 Å². The minimum Gasteiger partial charge on any atom is -0.205 e. The van der Waals surface area contributed by atoms with Crippen molar-refractivity contribution in [3.05, 3.63) is 71.3 Å². The molecule has 48 heavy (non-hydrogen) atoms. The van der Waals surface area contributed by atoms with Gasteiger partial charge in [0.1, 0.15) is 13.1 Å². The van der Waals surface area contributed by atoms with E-state index >= 15 is 0 Å². The van der Waals surface area contributed by atoms with E-state index in [4.69, 9.17) is 0 Å². The molecule has 0 bridgehead atoms. The summed E-state index contributed by atoms with van der Waals surface area (Å²) in [7, 11) is 0. The van der Waals surface area contributed by atoms with Crippen LogP contribution in [0.4, 0.5) is 0 Å². The van der Waals surface area contributed by atoms with Gasteiger partial charge in [0.25, 0.3) is 0 Å². The van der Waals surface area contributed by atoms with Crippen molar-refractivity contribution in [1.29, 1.82) is 0 Å². The van der Waals surface area contributed by atoms with Gasteiger partial charge < -0.3 is 0 Å². The summed E-state index contributed by atoms with van der Waals surface area (Å²) in [6, 6.07) is 9.97. The van der Waals surface area contributed by atoms with E-state index in [2.05, 4.69) is 99.7 Å². The first kappa shape index (κ1) is 36.8. The zero-order chi connectivity index (χ0) is 34.0. The van der Waals surface area contributed by atoms with Crippen molar-refractivity contribution < 1.29 is 9.13 Å². The monoisotopic (exact) mass is 651 g/mol. The van der Waals surface area contributed by atoms with Gasteiger partial charge >= 0.3 is 0 Å². The number of benzene rings is 1. The third-order valence-corrected chi connectivity index (χ3v) is 12.0. The van der Waals surface area contributed by atoms with Crippen LogP contribution in [0.5, 0.6) is 0 Å². The lowest BCUT2D eigenvalue weighted by Crippen LogP contribution is -2.35. The van der Waals surface area contributed by atoms with Gasteiger partial charge in [-0.1, -0.05) is 144 Å². The number of hydrogen-bond acceptors (Lipinski definition) is 0.